The van der Waals surface area contributed by atoms with E-state index in [1.165, 1.54) is 4.88 Å². The molecular formula is C21H21NO3S. The molecule has 1 heterocycles. The first-order valence-corrected chi connectivity index (χ1v) is 9.30. The third-order valence-electron chi connectivity index (χ3n) is 3.91. The summed E-state index contributed by atoms with van der Waals surface area (Å²) in [5.74, 6) is 0.827. The quantitative estimate of drug-likeness (QED) is 0.645. The van der Waals surface area contributed by atoms with Crippen molar-refractivity contribution >= 4 is 17.2 Å². The van der Waals surface area contributed by atoms with Crippen LogP contribution in [0.1, 0.15) is 20.8 Å². The molecule has 0 aliphatic heterocycles. The summed E-state index contributed by atoms with van der Waals surface area (Å²) in [6.45, 7) is 0.957. The first-order valence-electron chi connectivity index (χ1n) is 8.42. The minimum atomic E-state index is -0.193. The van der Waals surface area contributed by atoms with Crippen molar-refractivity contribution in [1.82, 2.24) is 5.32 Å². The van der Waals surface area contributed by atoms with Crippen molar-refractivity contribution in [2.75, 3.05) is 13.7 Å². The Kier molecular flexibility index (Phi) is 6.28. The van der Waals surface area contributed by atoms with E-state index in [9.17, 15) is 4.79 Å². The number of amides is 1. The summed E-state index contributed by atoms with van der Waals surface area (Å²) in [7, 11) is 1.55. The molecule has 0 aliphatic carbocycles. The van der Waals surface area contributed by atoms with Crippen molar-refractivity contribution in [3.05, 3.63) is 82.0 Å². The van der Waals surface area contributed by atoms with Crippen LogP contribution < -0.4 is 14.8 Å². The molecule has 3 aromatic rings. The highest BCUT2D eigenvalue weighted by Gasteiger charge is 2.18. The van der Waals surface area contributed by atoms with Crippen molar-refractivity contribution in [3.63, 3.8) is 0 Å². The Morgan fingerprint density at radius 3 is 2.54 bits per heavy atom. The highest BCUT2D eigenvalue weighted by molar-refractivity contribution is 7.09. The molecule has 0 aliphatic rings. The molecule has 0 spiro atoms. The van der Waals surface area contributed by atoms with Crippen LogP contribution in [0, 0.1) is 0 Å². The van der Waals surface area contributed by atoms with Crippen molar-refractivity contribution in [1.29, 1.82) is 0 Å². The maximum atomic E-state index is 12.7. The number of ether oxygens (including phenoxy) is 2. The van der Waals surface area contributed by atoms with Gasteiger partial charge in [-0.2, -0.15) is 0 Å². The lowest BCUT2D eigenvalue weighted by molar-refractivity contribution is 0.0946. The van der Waals surface area contributed by atoms with Crippen LogP contribution in [0.5, 0.6) is 11.5 Å². The second-order valence-electron chi connectivity index (χ2n) is 5.69. The molecule has 5 heteroatoms. The van der Waals surface area contributed by atoms with Gasteiger partial charge in [-0.15, -0.1) is 11.3 Å². The third kappa shape index (κ3) is 4.64. The van der Waals surface area contributed by atoms with Gasteiger partial charge in [-0.1, -0.05) is 42.5 Å². The number of hydrogen-bond acceptors (Lipinski definition) is 4. The van der Waals surface area contributed by atoms with Crippen LogP contribution in [0.4, 0.5) is 0 Å². The highest BCUT2D eigenvalue weighted by atomic mass is 32.1. The minimum absolute atomic E-state index is 0.193. The predicted molar refractivity (Wildman–Crippen MR) is 104 cm³/mol. The second kappa shape index (κ2) is 9.06. The van der Waals surface area contributed by atoms with Gasteiger partial charge < -0.3 is 14.8 Å². The fraction of sp³-hybridized carbons (Fsp3) is 0.190. The maximum Gasteiger partial charge on any atom is 0.258 e. The van der Waals surface area contributed by atoms with Crippen LogP contribution >= 0.6 is 11.3 Å². The number of thiophene rings is 1. The van der Waals surface area contributed by atoms with Gasteiger partial charge in [-0.05, 0) is 35.6 Å². The van der Waals surface area contributed by atoms with Gasteiger partial charge in [0.15, 0.2) is 0 Å². The summed E-state index contributed by atoms with van der Waals surface area (Å²) >= 11 is 1.69. The number of carbonyl (C=O) groups is 1. The lowest BCUT2D eigenvalue weighted by Gasteiger charge is -2.15. The van der Waals surface area contributed by atoms with E-state index >= 15 is 0 Å². The van der Waals surface area contributed by atoms with Crippen LogP contribution in [0.15, 0.2) is 66.0 Å². The first-order chi connectivity index (χ1) is 12.8. The van der Waals surface area contributed by atoms with Crippen LogP contribution in [-0.2, 0) is 13.0 Å². The Balaban J connectivity index is 1.70. The number of nitrogens with one attached hydrogen (secondary N) is 1. The van der Waals surface area contributed by atoms with Gasteiger partial charge in [0.1, 0.15) is 23.7 Å². The summed E-state index contributed by atoms with van der Waals surface area (Å²) in [6, 6.07) is 19.3. The van der Waals surface area contributed by atoms with Gasteiger partial charge >= 0.3 is 0 Å². The van der Waals surface area contributed by atoms with Crippen molar-refractivity contribution in [2.24, 2.45) is 0 Å². The van der Waals surface area contributed by atoms with Gasteiger partial charge in [0.25, 0.3) is 5.91 Å². The van der Waals surface area contributed by atoms with E-state index in [1.807, 2.05) is 47.8 Å². The minimum Gasteiger partial charge on any atom is -0.496 e. The Morgan fingerprint density at radius 2 is 1.81 bits per heavy atom. The smallest absolute Gasteiger partial charge is 0.258 e. The van der Waals surface area contributed by atoms with E-state index in [0.29, 0.717) is 30.2 Å². The molecule has 26 heavy (non-hydrogen) atoms. The van der Waals surface area contributed by atoms with Crippen LogP contribution in [-0.4, -0.2) is 19.6 Å². The summed E-state index contributed by atoms with van der Waals surface area (Å²) in [6.07, 6.45) is 0.804. The molecule has 0 bridgehead atoms. The average molecular weight is 367 g/mol. The monoisotopic (exact) mass is 367 g/mol. The topological polar surface area (TPSA) is 47.6 Å². The Labute approximate surface area is 157 Å². The lowest BCUT2D eigenvalue weighted by Crippen LogP contribution is -2.26. The van der Waals surface area contributed by atoms with Gasteiger partial charge in [0.05, 0.1) is 7.11 Å². The van der Waals surface area contributed by atoms with Gasteiger partial charge in [-0.3, -0.25) is 4.79 Å². The van der Waals surface area contributed by atoms with Crippen molar-refractivity contribution in [3.8, 4) is 11.5 Å². The molecule has 1 N–H and O–H groups in total. The zero-order valence-corrected chi connectivity index (χ0v) is 15.4. The van der Waals surface area contributed by atoms with Gasteiger partial charge in [-0.25, -0.2) is 0 Å². The lowest BCUT2D eigenvalue weighted by atomic mass is 10.1. The molecular weight excluding hydrogens is 346 g/mol. The highest BCUT2D eigenvalue weighted by Crippen LogP contribution is 2.29. The Morgan fingerprint density at radius 1 is 1.00 bits per heavy atom. The van der Waals surface area contributed by atoms with E-state index in [0.717, 1.165) is 12.0 Å². The zero-order chi connectivity index (χ0) is 18.2. The number of methoxy groups -OCH3 is 1. The van der Waals surface area contributed by atoms with Crippen LogP contribution in [0.2, 0.25) is 0 Å². The second-order valence-corrected chi connectivity index (χ2v) is 6.73. The summed E-state index contributed by atoms with van der Waals surface area (Å²) in [5, 5.41) is 4.99. The molecule has 0 saturated carbocycles. The number of carbonyl (C=O) groups excluding carboxylic acids is 1. The molecule has 0 unspecified atom stereocenters. The van der Waals surface area contributed by atoms with Crippen LogP contribution in [0.25, 0.3) is 0 Å². The predicted octanol–water partition coefficient (Wildman–Crippen LogP) is 4.31. The van der Waals surface area contributed by atoms with E-state index in [-0.39, 0.29) is 5.91 Å². The SMILES string of the molecule is COc1cccc(OCc2ccccc2)c1C(=O)NCCc1cccs1. The van der Waals surface area contributed by atoms with Gasteiger partial charge in [0, 0.05) is 11.4 Å². The molecule has 2 aromatic carbocycles. The fourth-order valence-corrected chi connectivity index (χ4v) is 3.31. The number of benzene rings is 2. The maximum absolute atomic E-state index is 12.7. The molecule has 134 valence electrons. The number of hydrogen-bond donors (Lipinski definition) is 1. The molecule has 4 nitrogen and oxygen atoms in total. The van der Waals surface area contributed by atoms with E-state index < -0.39 is 0 Å². The summed E-state index contributed by atoms with van der Waals surface area (Å²) < 4.78 is 11.3. The van der Waals surface area contributed by atoms with Crippen molar-refractivity contribution < 1.29 is 14.3 Å². The third-order valence-corrected chi connectivity index (χ3v) is 4.85. The van der Waals surface area contributed by atoms with Crippen LogP contribution in [0.3, 0.4) is 0 Å². The van der Waals surface area contributed by atoms with Gasteiger partial charge in [0.2, 0.25) is 0 Å². The Bertz CT molecular complexity index is 832. The molecule has 3 rings (SSSR count). The summed E-state index contributed by atoms with van der Waals surface area (Å²) in [5.41, 5.74) is 1.47. The van der Waals surface area contributed by atoms with Crippen molar-refractivity contribution in [2.45, 2.75) is 13.0 Å². The molecule has 1 amide bonds. The zero-order valence-electron chi connectivity index (χ0n) is 14.6. The van der Waals surface area contributed by atoms with E-state index in [1.54, 1.807) is 30.6 Å². The summed E-state index contributed by atoms with van der Waals surface area (Å²) in [4.78, 5) is 14.0. The molecule has 0 saturated heterocycles. The Hall–Kier alpha value is -2.79. The average Bonchev–Trinajstić information content (AvgIpc) is 3.20. The molecule has 1 aromatic heterocycles. The molecule has 0 fully saturated rings. The molecule has 0 atom stereocenters. The van der Waals surface area contributed by atoms with E-state index in [2.05, 4.69) is 11.4 Å². The normalized spacial score (nSPS) is 10.3. The molecule has 0 radical (unpaired) electrons. The van der Waals surface area contributed by atoms with E-state index in [4.69, 9.17) is 9.47 Å². The fourth-order valence-electron chi connectivity index (χ4n) is 2.60. The largest absolute Gasteiger partial charge is 0.496 e. The number of rotatable bonds is 8. The first kappa shape index (κ1) is 18.0. The standard InChI is InChI=1S/C21H21NO3S/c1-24-18-10-5-11-19(25-15-16-7-3-2-4-8-16)20(18)21(23)22-13-12-17-9-6-14-26-17/h2-11,14H,12-13,15H2,1H3,(H,22,23).